The largest absolute Gasteiger partial charge is 0.397 e. The standard InChI is InChI=1S/C28H25N5OS/c1-2-19-8-10-20(11-9-19)17-33-18-26(31-32-33)21-5-3-6-23(15-21)28(34)30-25-16-22(12-13-24(25)29)27-7-4-14-35-27/h3-16,18H,2,17,29H2,1H3,(H,30,34). The number of aryl methyl sites for hydroxylation is 1. The molecule has 0 bridgehead atoms. The molecule has 0 saturated carbocycles. The second-order valence-electron chi connectivity index (χ2n) is 8.29. The van der Waals surface area contributed by atoms with E-state index in [0.29, 0.717) is 29.2 Å². The Hall–Kier alpha value is -4.23. The highest BCUT2D eigenvalue weighted by Crippen LogP contribution is 2.30. The summed E-state index contributed by atoms with van der Waals surface area (Å²) >= 11 is 1.64. The molecule has 6 nitrogen and oxygen atoms in total. The Bertz CT molecular complexity index is 1460. The summed E-state index contributed by atoms with van der Waals surface area (Å²) < 4.78 is 1.81. The Balaban J connectivity index is 1.32. The van der Waals surface area contributed by atoms with Crippen molar-refractivity contribution in [3.8, 4) is 21.7 Å². The van der Waals surface area contributed by atoms with Gasteiger partial charge in [0.05, 0.1) is 24.1 Å². The summed E-state index contributed by atoms with van der Waals surface area (Å²) in [6.45, 7) is 2.78. The van der Waals surface area contributed by atoms with Crippen molar-refractivity contribution >= 4 is 28.6 Å². The van der Waals surface area contributed by atoms with Gasteiger partial charge in [0.2, 0.25) is 0 Å². The number of thiophene rings is 1. The summed E-state index contributed by atoms with van der Waals surface area (Å²) in [5.41, 5.74) is 12.8. The highest BCUT2D eigenvalue weighted by atomic mass is 32.1. The number of hydrogen-bond donors (Lipinski definition) is 2. The molecule has 0 aliphatic carbocycles. The molecule has 35 heavy (non-hydrogen) atoms. The zero-order valence-corrected chi connectivity index (χ0v) is 20.1. The molecule has 0 spiro atoms. The highest BCUT2D eigenvalue weighted by molar-refractivity contribution is 7.13. The predicted molar refractivity (Wildman–Crippen MR) is 143 cm³/mol. The molecular weight excluding hydrogens is 454 g/mol. The van der Waals surface area contributed by atoms with Crippen LogP contribution in [0.15, 0.2) is 90.4 Å². The Morgan fingerprint density at radius 3 is 2.57 bits per heavy atom. The lowest BCUT2D eigenvalue weighted by atomic mass is 10.1. The smallest absolute Gasteiger partial charge is 0.255 e. The molecule has 1 amide bonds. The Labute approximate surface area is 208 Å². The number of nitrogens with one attached hydrogen (secondary N) is 1. The first kappa shape index (κ1) is 22.6. The maximum Gasteiger partial charge on any atom is 0.255 e. The third-order valence-electron chi connectivity index (χ3n) is 5.84. The number of nitrogens with zero attached hydrogens (tertiary/aromatic N) is 3. The summed E-state index contributed by atoms with van der Waals surface area (Å²) in [5, 5.41) is 13.6. The van der Waals surface area contributed by atoms with E-state index in [0.717, 1.165) is 28.0 Å². The average molecular weight is 480 g/mol. The predicted octanol–water partition coefficient (Wildman–Crippen LogP) is 6.12. The topological polar surface area (TPSA) is 85.8 Å². The van der Waals surface area contributed by atoms with Crippen LogP contribution in [0, 0.1) is 0 Å². The van der Waals surface area contributed by atoms with Crippen LogP contribution in [0.1, 0.15) is 28.4 Å². The Morgan fingerprint density at radius 2 is 1.80 bits per heavy atom. The Kier molecular flexibility index (Phi) is 6.41. The van der Waals surface area contributed by atoms with Gasteiger partial charge in [0.1, 0.15) is 5.69 Å². The third-order valence-corrected chi connectivity index (χ3v) is 6.76. The summed E-state index contributed by atoms with van der Waals surface area (Å²) in [5.74, 6) is -0.231. The monoisotopic (exact) mass is 479 g/mol. The molecule has 0 saturated heterocycles. The quantitative estimate of drug-likeness (QED) is 0.275. The fourth-order valence-corrected chi connectivity index (χ4v) is 4.57. The van der Waals surface area contributed by atoms with Gasteiger partial charge < -0.3 is 11.1 Å². The van der Waals surface area contributed by atoms with Gasteiger partial charge in [0.15, 0.2) is 0 Å². The highest BCUT2D eigenvalue weighted by Gasteiger charge is 2.12. The van der Waals surface area contributed by atoms with Gasteiger partial charge in [-0.05, 0) is 58.8 Å². The van der Waals surface area contributed by atoms with Gasteiger partial charge in [-0.1, -0.05) is 60.7 Å². The molecule has 174 valence electrons. The molecule has 5 rings (SSSR count). The molecule has 7 heteroatoms. The van der Waals surface area contributed by atoms with Gasteiger partial charge >= 0.3 is 0 Å². The van der Waals surface area contributed by atoms with Crippen LogP contribution in [0.2, 0.25) is 0 Å². The van der Waals surface area contributed by atoms with Crippen LogP contribution in [-0.4, -0.2) is 20.9 Å². The molecule has 0 aliphatic rings. The van der Waals surface area contributed by atoms with Crippen molar-refractivity contribution in [3.63, 3.8) is 0 Å². The number of carbonyl (C=O) groups is 1. The minimum Gasteiger partial charge on any atom is -0.397 e. The summed E-state index contributed by atoms with van der Waals surface area (Å²) in [7, 11) is 0. The molecule has 3 N–H and O–H groups in total. The molecule has 0 radical (unpaired) electrons. The molecular formula is C28H25N5OS. The zero-order valence-electron chi connectivity index (χ0n) is 19.3. The van der Waals surface area contributed by atoms with E-state index in [1.807, 2.05) is 60.1 Å². The minimum absolute atomic E-state index is 0.231. The fraction of sp³-hybridized carbons (Fsp3) is 0.107. The molecule has 0 fully saturated rings. The van der Waals surface area contributed by atoms with E-state index in [9.17, 15) is 4.79 Å². The summed E-state index contributed by atoms with van der Waals surface area (Å²) in [6.07, 6.45) is 2.91. The number of hydrogen-bond acceptors (Lipinski definition) is 5. The molecule has 0 unspecified atom stereocenters. The van der Waals surface area contributed by atoms with E-state index in [1.165, 1.54) is 5.56 Å². The molecule has 0 aliphatic heterocycles. The van der Waals surface area contributed by atoms with Gasteiger partial charge in [-0.3, -0.25) is 4.79 Å². The number of nitrogen functional groups attached to an aromatic ring is 1. The molecule has 2 aromatic heterocycles. The van der Waals surface area contributed by atoms with Crippen molar-refractivity contribution in [2.45, 2.75) is 19.9 Å². The van der Waals surface area contributed by atoms with Gasteiger partial charge in [-0.15, -0.1) is 16.4 Å². The lowest BCUT2D eigenvalue weighted by Gasteiger charge is -2.10. The normalized spacial score (nSPS) is 10.9. The third kappa shape index (κ3) is 5.15. The van der Waals surface area contributed by atoms with Crippen LogP contribution in [0.5, 0.6) is 0 Å². The molecule has 3 aromatic carbocycles. The van der Waals surface area contributed by atoms with E-state index < -0.39 is 0 Å². The summed E-state index contributed by atoms with van der Waals surface area (Å²) in [4.78, 5) is 14.2. The van der Waals surface area contributed by atoms with Crippen molar-refractivity contribution in [2.24, 2.45) is 0 Å². The maximum atomic E-state index is 13.0. The number of amides is 1. The summed E-state index contributed by atoms with van der Waals surface area (Å²) in [6, 6.07) is 25.6. The number of benzene rings is 3. The average Bonchev–Trinajstić information content (AvgIpc) is 3.59. The Morgan fingerprint density at radius 1 is 0.971 bits per heavy atom. The fourth-order valence-electron chi connectivity index (χ4n) is 3.85. The van der Waals surface area contributed by atoms with E-state index in [2.05, 4.69) is 46.8 Å². The first-order valence-electron chi connectivity index (χ1n) is 11.4. The molecule has 5 aromatic rings. The second-order valence-corrected chi connectivity index (χ2v) is 9.23. The number of nitrogens with two attached hydrogens (primary N) is 1. The first-order valence-corrected chi connectivity index (χ1v) is 12.3. The second kappa shape index (κ2) is 9.95. The van der Waals surface area contributed by atoms with Gasteiger partial charge in [-0.2, -0.15) is 0 Å². The van der Waals surface area contributed by atoms with E-state index >= 15 is 0 Å². The van der Waals surface area contributed by atoms with Crippen LogP contribution in [0.4, 0.5) is 11.4 Å². The lowest BCUT2D eigenvalue weighted by Crippen LogP contribution is -2.13. The van der Waals surface area contributed by atoms with Crippen molar-refractivity contribution < 1.29 is 4.79 Å². The number of carbonyl (C=O) groups excluding carboxylic acids is 1. The van der Waals surface area contributed by atoms with Gasteiger partial charge in [0, 0.05) is 16.0 Å². The maximum absolute atomic E-state index is 13.0. The van der Waals surface area contributed by atoms with Crippen LogP contribution in [-0.2, 0) is 13.0 Å². The molecule has 0 atom stereocenters. The first-order chi connectivity index (χ1) is 17.1. The number of aromatic nitrogens is 3. The van der Waals surface area contributed by atoms with E-state index in [-0.39, 0.29) is 5.91 Å². The van der Waals surface area contributed by atoms with Crippen molar-refractivity contribution in [2.75, 3.05) is 11.1 Å². The van der Waals surface area contributed by atoms with E-state index in [1.54, 1.807) is 22.1 Å². The van der Waals surface area contributed by atoms with Crippen LogP contribution < -0.4 is 11.1 Å². The van der Waals surface area contributed by atoms with Gasteiger partial charge in [-0.25, -0.2) is 4.68 Å². The van der Waals surface area contributed by atoms with E-state index in [4.69, 9.17) is 5.73 Å². The van der Waals surface area contributed by atoms with Crippen molar-refractivity contribution in [1.29, 1.82) is 0 Å². The van der Waals surface area contributed by atoms with Crippen molar-refractivity contribution in [3.05, 3.63) is 107 Å². The van der Waals surface area contributed by atoms with Crippen LogP contribution >= 0.6 is 11.3 Å². The SMILES string of the molecule is CCc1ccc(Cn2cc(-c3cccc(C(=O)Nc4cc(-c5cccs5)ccc4N)c3)nn2)cc1. The van der Waals surface area contributed by atoms with Gasteiger partial charge in [0.25, 0.3) is 5.91 Å². The minimum atomic E-state index is -0.231. The van der Waals surface area contributed by atoms with Crippen LogP contribution in [0.3, 0.4) is 0 Å². The van der Waals surface area contributed by atoms with Crippen LogP contribution in [0.25, 0.3) is 21.7 Å². The molecule has 2 heterocycles. The van der Waals surface area contributed by atoms with Crippen molar-refractivity contribution in [1.82, 2.24) is 15.0 Å². The number of anilines is 2. The number of rotatable bonds is 7. The zero-order chi connectivity index (χ0) is 24.2. The lowest BCUT2D eigenvalue weighted by molar-refractivity contribution is 0.102.